The van der Waals surface area contributed by atoms with Crippen LogP contribution in [-0.4, -0.2) is 15.0 Å². The predicted molar refractivity (Wildman–Crippen MR) is 206 cm³/mol. The third-order valence-electron chi connectivity index (χ3n) is 9.29. The molecule has 232 valence electrons. The first-order valence-corrected chi connectivity index (χ1v) is 17.4. The van der Waals surface area contributed by atoms with Crippen LogP contribution in [-0.2, 0) is 0 Å². The van der Waals surface area contributed by atoms with E-state index in [1.54, 1.807) is 11.3 Å². The van der Waals surface area contributed by atoms with Crippen molar-refractivity contribution in [3.05, 3.63) is 175 Å². The highest BCUT2D eigenvalue weighted by Gasteiger charge is 2.15. The second kappa shape index (κ2) is 12.6. The molecule has 0 bridgehead atoms. The van der Waals surface area contributed by atoms with E-state index < -0.39 is 0 Å². The number of rotatable bonds is 6. The topological polar surface area (TPSA) is 38.7 Å². The average Bonchev–Trinajstić information content (AvgIpc) is 3.57. The van der Waals surface area contributed by atoms with E-state index in [1.807, 2.05) is 6.07 Å². The van der Waals surface area contributed by atoms with Gasteiger partial charge in [-0.1, -0.05) is 158 Å². The molecule has 2 heterocycles. The van der Waals surface area contributed by atoms with Gasteiger partial charge in [0.05, 0.1) is 0 Å². The number of hydrogen-bond acceptors (Lipinski definition) is 4. The Hall–Kier alpha value is -5.97. The van der Waals surface area contributed by atoms with Gasteiger partial charge < -0.3 is 0 Å². The Labute approximate surface area is 289 Å². The molecule has 0 fully saturated rings. The van der Waals surface area contributed by atoms with Crippen molar-refractivity contribution in [2.24, 2.45) is 0 Å². The minimum absolute atomic E-state index is 0.417. The molecule has 0 amide bonds. The monoisotopic (exact) mass is 645 g/mol. The summed E-state index contributed by atoms with van der Waals surface area (Å²) in [6.07, 6.45) is 9.82. The summed E-state index contributed by atoms with van der Waals surface area (Å²) in [7, 11) is 0. The molecule has 0 N–H and O–H groups in total. The van der Waals surface area contributed by atoms with Crippen LogP contribution in [0.2, 0.25) is 0 Å². The van der Waals surface area contributed by atoms with Crippen LogP contribution in [0.5, 0.6) is 0 Å². The third kappa shape index (κ3) is 5.77. The van der Waals surface area contributed by atoms with Crippen LogP contribution < -0.4 is 0 Å². The third-order valence-corrected chi connectivity index (χ3v) is 10.4. The molecule has 1 aliphatic carbocycles. The van der Waals surface area contributed by atoms with Gasteiger partial charge in [-0.3, -0.25) is 0 Å². The van der Waals surface area contributed by atoms with Crippen molar-refractivity contribution in [2.75, 3.05) is 0 Å². The van der Waals surface area contributed by atoms with Crippen LogP contribution in [0.15, 0.2) is 170 Å². The molecule has 0 aliphatic heterocycles. The number of hydrogen-bond donors (Lipinski definition) is 0. The van der Waals surface area contributed by atoms with Crippen LogP contribution in [0.4, 0.5) is 0 Å². The molecule has 9 rings (SSSR count). The maximum absolute atomic E-state index is 5.07. The zero-order valence-corrected chi connectivity index (χ0v) is 27.5. The Balaban J connectivity index is 1.11. The van der Waals surface area contributed by atoms with Gasteiger partial charge in [0.25, 0.3) is 0 Å². The molecule has 0 saturated carbocycles. The zero-order valence-electron chi connectivity index (χ0n) is 26.7. The van der Waals surface area contributed by atoms with E-state index in [0.29, 0.717) is 23.4 Å². The number of benzene rings is 6. The van der Waals surface area contributed by atoms with Gasteiger partial charge >= 0.3 is 0 Å². The summed E-state index contributed by atoms with van der Waals surface area (Å²) in [6, 6.07) is 51.5. The van der Waals surface area contributed by atoms with E-state index in [9.17, 15) is 0 Å². The maximum atomic E-state index is 5.07. The number of thiophene rings is 1. The van der Waals surface area contributed by atoms with Crippen LogP contribution in [0.25, 0.3) is 76.6 Å². The van der Waals surface area contributed by atoms with E-state index in [4.69, 9.17) is 15.0 Å². The standard InChI is InChI=1S/C45H31N3S/c1-3-10-30(11-4-1)32-18-22-34(23-19-32)43-46-44(48-45(47-43)38-26-27-40-39-16-7-8-17-41(39)49-42(40)29-38)35-24-20-33(21-25-35)37-15-9-14-36(28-37)31-12-5-2-6-13-31/h1-12,14-29,31H,13H2. The van der Waals surface area contributed by atoms with E-state index in [1.165, 1.54) is 42.4 Å². The summed E-state index contributed by atoms with van der Waals surface area (Å²) in [5.74, 6) is 2.39. The predicted octanol–water partition coefficient (Wildman–Crippen LogP) is 12.2. The van der Waals surface area contributed by atoms with Crippen LogP contribution in [0.1, 0.15) is 17.9 Å². The molecule has 0 radical (unpaired) electrons. The number of aromatic nitrogens is 3. The fraction of sp³-hybridized carbons (Fsp3) is 0.0444. The molecule has 49 heavy (non-hydrogen) atoms. The van der Waals surface area contributed by atoms with Crippen LogP contribution in [0.3, 0.4) is 0 Å². The van der Waals surface area contributed by atoms with Gasteiger partial charge in [0.15, 0.2) is 17.5 Å². The first kappa shape index (κ1) is 29.2. The quantitative estimate of drug-likeness (QED) is 0.181. The summed E-state index contributed by atoms with van der Waals surface area (Å²) in [6.45, 7) is 0. The molecule has 3 nitrogen and oxygen atoms in total. The molecule has 1 atom stereocenters. The van der Waals surface area contributed by atoms with Gasteiger partial charge in [-0.15, -0.1) is 11.3 Å². The Kier molecular flexibility index (Phi) is 7.49. The first-order valence-electron chi connectivity index (χ1n) is 16.6. The molecule has 2 aromatic heterocycles. The maximum Gasteiger partial charge on any atom is 0.164 e. The van der Waals surface area contributed by atoms with E-state index in [0.717, 1.165) is 28.7 Å². The number of nitrogens with zero attached hydrogens (tertiary/aromatic N) is 3. The largest absolute Gasteiger partial charge is 0.208 e. The Bertz CT molecular complexity index is 2510. The fourth-order valence-electron chi connectivity index (χ4n) is 6.66. The first-order chi connectivity index (χ1) is 24.2. The lowest BCUT2D eigenvalue weighted by Crippen LogP contribution is -2.00. The highest BCUT2D eigenvalue weighted by molar-refractivity contribution is 7.25. The normalized spacial score (nSPS) is 14.1. The van der Waals surface area contributed by atoms with Crippen molar-refractivity contribution < 1.29 is 0 Å². The van der Waals surface area contributed by atoms with Gasteiger partial charge in [-0.25, -0.2) is 15.0 Å². The van der Waals surface area contributed by atoms with Crippen LogP contribution >= 0.6 is 11.3 Å². The summed E-state index contributed by atoms with van der Waals surface area (Å²) in [4.78, 5) is 15.2. The summed E-state index contributed by atoms with van der Waals surface area (Å²) in [5.41, 5.74) is 8.93. The summed E-state index contributed by atoms with van der Waals surface area (Å²) < 4.78 is 2.50. The van der Waals surface area contributed by atoms with E-state index in [-0.39, 0.29) is 0 Å². The minimum Gasteiger partial charge on any atom is -0.208 e. The summed E-state index contributed by atoms with van der Waals surface area (Å²) in [5, 5.41) is 2.54. The van der Waals surface area contributed by atoms with Gasteiger partial charge in [-0.05, 0) is 46.4 Å². The number of fused-ring (bicyclic) bond motifs is 3. The SMILES string of the molecule is C1=CCC(c2cccc(-c3ccc(-c4nc(-c5ccc(-c6ccccc6)cc5)nc(-c5ccc6c(c5)sc5ccccc56)n4)cc3)c2)C=C1. The van der Waals surface area contributed by atoms with E-state index >= 15 is 0 Å². The molecule has 1 aliphatic rings. The lowest BCUT2D eigenvalue weighted by atomic mass is 9.90. The molecular weight excluding hydrogens is 615 g/mol. The van der Waals surface area contributed by atoms with Gasteiger partial charge in [-0.2, -0.15) is 0 Å². The van der Waals surface area contributed by atoms with Crippen molar-refractivity contribution in [1.82, 2.24) is 15.0 Å². The molecule has 4 heteroatoms. The Morgan fingerprint density at radius 3 is 1.71 bits per heavy atom. The highest BCUT2D eigenvalue weighted by Crippen LogP contribution is 2.37. The van der Waals surface area contributed by atoms with Gasteiger partial charge in [0, 0.05) is 42.8 Å². The molecule has 0 spiro atoms. The minimum atomic E-state index is 0.417. The van der Waals surface area contributed by atoms with Gasteiger partial charge in [0.2, 0.25) is 0 Å². The highest BCUT2D eigenvalue weighted by atomic mass is 32.1. The zero-order chi connectivity index (χ0) is 32.6. The Morgan fingerprint density at radius 1 is 0.429 bits per heavy atom. The van der Waals surface area contributed by atoms with Crippen molar-refractivity contribution in [3.8, 4) is 56.4 Å². The van der Waals surface area contributed by atoms with E-state index in [2.05, 4.69) is 164 Å². The van der Waals surface area contributed by atoms with Gasteiger partial charge in [0.1, 0.15) is 0 Å². The van der Waals surface area contributed by atoms with Crippen LogP contribution in [0, 0.1) is 0 Å². The van der Waals surface area contributed by atoms with Crippen molar-refractivity contribution >= 4 is 31.5 Å². The average molecular weight is 646 g/mol. The van der Waals surface area contributed by atoms with Crippen molar-refractivity contribution in [3.63, 3.8) is 0 Å². The number of allylic oxidation sites excluding steroid dienone is 4. The smallest absolute Gasteiger partial charge is 0.164 e. The molecule has 1 unspecified atom stereocenters. The lowest BCUT2D eigenvalue weighted by Gasteiger charge is -2.15. The van der Waals surface area contributed by atoms with Crippen molar-refractivity contribution in [2.45, 2.75) is 12.3 Å². The fourth-order valence-corrected chi connectivity index (χ4v) is 7.80. The second-order valence-corrected chi connectivity index (χ2v) is 13.5. The Morgan fingerprint density at radius 2 is 1.00 bits per heavy atom. The molecule has 6 aromatic carbocycles. The van der Waals surface area contributed by atoms with Crippen molar-refractivity contribution in [1.29, 1.82) is 0 Å². The second-order valence-electron chi connectivity index (χ2n) is 12.4. The molecular formula is C45H31N3S. The summed E-state index contributed by atoms with van der Waals surface area (Å²) >= 11 is 1.80. The molecule has 8 aromatic rings. The lowest BCUT2D eigenvalue weighted by molar-refractivity contribution is 0.854. The molecule has 0 saturated heterocycles.